The Morgan fingerprint density at radius 2 is 1.94 bits per heavy atom. The summed E-state index contributed by atoms with van der Waals surface area (Å²) in [5, 5.41) is 4.40. The molecule has 0 aliphatic carbocycles. The molecule has 0 radical (unpaired) electrons. The molecule has 3 rings (SSSR count). The minimum atomic E-state index is 0.648. The van der Waals surface area contributed by atoms with E-state index in [1.807, 2.05) is 22.7 Å². The number of thiophene rings is 2. The molecule has 0 amide bonds. The molecule has 0 saturated carbocycles. The summed E-state index contributed by atoms with van der Waals surface area (Å²) in [7, 11) is 0. The maximum absolute atomic E-state index is 2.69. The Bertz CT molecular complexity index is 447. The first-order valence-electron chi connectivity index (χ1n) is 6.73. The first-order chi connectivity index (χ1) is 8.93. The van der Waals surface area contributed by atoms with Crippen LogP contribution in [0.1, 0.15) is 41.5 Å². The van der Waals surface area contributed by atoms with Gasteiger partial charge < -0.3 is 0 Å². The van der Waals surface area contributed by atoms with Crippen LogP contribution in [0.25, 0.3) is 0 Å². The predicted octanol–water partition coefficient (Wildman–Crippen LogP) is 4.93. The number of hydrogen-bond acceptors (Lipinski definition) is 3. The first-order valence-corrected chi connectivity index (χ1v) is 8.49. The molecular weight excluding hydrogens is 258 g/mol. The average Bonchev–Trinajstić information content (AvgIpc) is 3.02. The first kappa shape index (κ1) is 12.4. The fourth-order valence-corrected chi connectivity index (χ4v) is 4.39. The molecule has 3 heterocycles. The van der Waals surface area contributed by atoms with Gasteiger partial charge in [-0.2, -0.15) is 0 Å². The number of hydrogen-bond donors (Lipinski definition) is 0. The second-order valence-corrected chi connectivity index (χ2v) is 6.94. The monoisotopic (exact) mass is 277 g/mol. The van der Waals surface area contributed by atoms with Gasteiger partial charge in [-0.25, -0.2) is 0 Å². The van der Waals surface area contributed by atoms with Gasteiger partial charge in [-0.1, -0.05) is 25.0 Å². The van der Waals surface area contributed by atoms with Crippen molar-refractivity contribution in [1.82, 2.24) is 4.90 Å². The Morgan fingerprint density at radius 1 is 1.06 bits per heavy atom. The Hall–Kier alpha value is -0.640. The van der Waals surface area contributed by atoms with Crippen LogP contribution in [0, 0.1) is 0 Å². The Labute approximate surface area is 117 Å². The number of rotatable bonds is 3. The molecule has 1 saturated heterocycles. The van der Waals surface area contributed by atoms with Crippen molar-refractivity contribution < 1.29 is 0 Å². The molecule has 96 valence electrons. The van der Waals surface area contributed by atoms with Gasteiger partial charge >= 0.3 is 0 Å². The van der Waals surface area contributed by atoms with Crippen LogP contribution in [0.4, 0.5) is 0 Å². The van der Waals surface area contributed by atoms with E-state index in [-0.39, 0.29) is 0 Å². The van der Waals surface area contributed by atoms with E-state index < -0.39 is 0 Å². The lowest BCUT2D eigenvalue weighted by Gasteiger charge is -2.28. The molecule has 0 spiro atoms. The van der Waals surface area contributed by atoms with Gasteiger partial charge in [-0.05, 0) is 42.3 Å². The van der Waals surface area contributed by atoms with Crippen molar-refractivity contribution in [1.29, 1.82) is 0 Å². The van der Waals surface area contributed by atoms with Gasteiger partial charge in [0, 0.05) is 22.3 Å². The molecule has 1 nitrogen and oxygen atoms in total. The maximum Gasteiger partial charge on any atom is 0.0445 e. The standard InChI is InChI=1S/C15H19NS2/c1-2-7-14(15-8-5-11-18-15)16(9-3-1)12-13-6-4-10-17-13/h4-6,8,10-11,14H,1-3,7,9,12H2/t14-/m1/s1. The van der Waals surface area contributed by atoms with Crippen molar-refractivity contribution in [2.75, 3.05) is 6.54 Å². The van der Waals surface area contributed by atoms with Crippen molar-refractivity contribution >= 4 is 22.7 Å². The Balaban J connectivity index is 1.78. The van der Waals surface area contributed by atoms with E-state index in [0.717, 1.165) is 6.54 Å². The minimum Gasteiger partial charge on any atom is -0.290 e. The molecule has 0 unspecified atom stereocenters. The molecule has 0 bridgehead atoms. The van der Waals surface area contributed by atoms with Gasteiger partial charge in [0.1, 0.15) is 0 Å². The molecule has 1 atom stereocenters. The van der Waals surface area contributed by atoms with Crippen LogP contribution in [0.3, 0.4) is 0 Å². The average molecular weight is 277 g/mol. The topological polar surface area (TPSA) is 3.24 Å². The molecule has 0 aromatic carbocycles. The summed E-state index contributed by atoms with van der Waals surface area (Å²) >= 11 is 3.80. The third-order valence-electron chi connectivity index (χ3n) is 3.67. The van der Waals surface area contributed by atoms with E-state index in [1.54, 1.807) is 4.88 Å². The zero-order valence-electron chi connectivity index (χ0n) is 10.5. The van der Waals surface area contributed by atoms with Gasteiger partial charge in [-0.3, -0.25) is 4.90 Å². The summed E-state index contributed by atoms with van der Waals surface area (Å²) in [4.78, 5) is 5.73. The van der Waals surface area contributed by atoms with E-state index in [1.165, 1.54) is 37.1 Å². The van der Waals surface area contributed by atoms with Crippen molar-refractivity contribution in [3.05, 3.63) is 44.8 Å². The largest absolute Gasteiger partial charge is 0.290 e. The lowest BCUT2D eigenvalue weighted by atomic mass is 10.1. The number of nitrogens with zero attached hydrogens (tertiary/aromatic N) is 1. The van der Waals surface area contributed by atoms with Crippen LogP contribution in [0.5, 0.6) is 0 Å². The highest BCUT2D eigenvalue weighted by atomic mass is 32.1. The molecule has 2 aromatic heterocycles. The second-order valence-electron chi connectivity index (χ2n) is 4.93. The van der Waals surface area contributed by atoms with Crippen LogP contribution >= 0.6 is 22.7 Å². The fourth-order valence-electron chi connectivity index (χ4n) is 2.76. The quantitative estimate of drug-likeness (QED) is 0.769. The second kappa shape index (κ2) is 6.00. The fraction of sp³-hybridized carbons (Fsp3) is 0.467. The molecule has 3 heteroatoms. The predicted molar refractivity (Wildman–Crippen MR) is 80.3 cm³/mol. The van der Waals surface area contributed by atoms with Crippen molar-refractivity contribution in [2.45, 2.75) is 38.3 Å². The molecule has 1 fully saturated rings. The zero-order chi connectivity index (χ0) is 12.2. The van der Waals surface area contributed by atoms with Gasteiger partial charge in [-0.15, -0.1) is 22.7 Å². The van der Waals surface area contributed by atoms with Gasteiger partial charge in [0.2, 0.25) is 0 Å². The smallest absolute Gasteiger partial charge is 0.0445 e. The number of likely N-dealkylation sites (tertiary alicyclic amines) is 1. The molecule has 18 heavy (non-hydrogen) atoms. The third kappa shape index (κ3) is 2.85. The normalized spacial score (nSPS) is 21.9. The summed E-state index contributed by atoms with van der Waals surface area (Å²) in [5.74, 6) is 0. The van der Waals surface area contributed by atoms with E-state index >= 15 is 0 Å². The summed E-state index contributed by atoms with van der Waals surface area (Å²) in [6, 6.07) is 9.57. The summed E-state index contributed by atoms with van der Waals surface area (Å²) in [6.45, 7) is 2.38. The van der Waals surface area contributed by atoms with Crippen molar-refractivity contribution in [2.24, 2.45) is 0 Å². The van der Waals surface area contributed by atoms with E-state index in [4.69, 9.17) is 0 Å². The Kier molecular flexibility index (Phi) is 4.13. The lowest BCUT2D eigenvalue weighted by molar-refractivity contribution is 0.197. The summed E-state index contributed by atoms with van der Waals surface area (Å²) < 4.78 is 0. The van der Waals surface area contributed by atoms with Crippen LogP contribution in [0.15, 0.2) is 35.0 Å². The summed E-state index contributed by atoms with van der Waals surface area (Å²) in [6.07, 6.45) is 5.45. The molecule has 1 aliphatic rings. The van der Waals surface area contributed by atoms with E-state index in [0.29, 0.717) is 6.04 Å². The van der Waals surface area contributed by atoms with E-state index in [2.05, 4.69) is 39.9 Å². The molecule has 0 N–H and O–H groups in total. The van der Waals surface area contributed by atoms with Gasteiger partial charge in [0.15, 0.2) is 0 Å². The lowest BCUT2D eigenvalue weighted by Crippen LogP contribution is -2.27. The van der Waals surface area contributed by atoms with Gasteiger partial charge in [0.05, 0.1) is 0 Å². The molecular formula is C15H19NS2. The van der Waals surface area contributed by atoms with E-state index in [9.17, 15) is 0 Å². The highest BCUT2D eigenvalue weighted by Crippen LogP contribution is 2.34. The van der Waals surface area contributed by atoms with Crippen LogP contribution in [0.2, 0.25) is 0 Å². The third-order valence-corrected chi connectivity index (χ3v) is 5.51. The van der Waals surface area contributed by atoms with Gasteiger partial charge in [0.25, 0.3) is 0 Å². The minimum absolute atomic E-state index is 0.648. The van der Waals surface area contributed by atoms with Crippen LogP contribution < -0.4 is 0 Å². The van der Waals surface area contributed by atoms with Crippen LogP contribution in [-0.2, 0) is 6.54 Å². The SMILES string of the molecule is c1csc(CN2CCCCC[C@@H]2c2cccs2)c1. The van der Waals surface area contributed by atoms with Crippen molar-refractivity contribution in [3.8, 4) is 0 Å². The maximum atomic E-state index is 2.69. The van der Waals surface area contributed by atoms with Crippen molar-refractivity contribution in [3.63, 3.8) is 0 Å². The van der Waals surface area contributed by atoms with Crippen LogP contribution in [-0.4, -0.2) is 11.4 Å². The molecule has 1 aliphatic heterocycles. The Morgan fingerprint density at radius 3 is 2.72 bits per heavy atom. The summed E-state index contributed by atoms with van der Waals surface area (Å²) in [5.41, 5.74) is 0. The molecule has 2 aromatic rings. The highest BCUT2D eigenvalue weighted by molar-refractivity contribution is 7.10. The highest BCUT2D eigenvalue weighted by Gasteiger charge is 2.23. The zero-order valence-corrected chi connectivity index (χ0v) is 12.2.